The summed E-state index contributed by atoms with van der Waals surface area (Å²) in [6.07, 6.45) is 15.0. The summed E-state index contributed by atoms with van der Waals surface area (Å²) in [6, 6.07) is 65.8. The zero-order valence-electron chi connectivity index (χ0n) is 47.2. The Morgan fingerprint density at radius 3 is 0.727 bits per heavy atom. The summed E-state index contributed by atoms with van der Waals surface area (Å²) in [5, 5.41) is 78.0. The maximum absolute atomic E-state index is 9.43. The molecule has 1 radical (unpaired) electrons. The van der Waals surface area contributed by atoms with Crippen LogP contribution in [0.25, 0.3) is 90.1 Å². The van der Waals surface area contributed by atoms with Crippen molar-refractivity contribution in [2.75, 3.05) is 21.2 Å². The van der Waals surface area contributed by atoms with Gasteiger partial charge in [0.15, 0.2) is 0 Å². The Morgan fingerprint density at radius 2 is 0.557 bits per heavy atom. The second-order valence-electron chi connectivity index (χ2n) is 17.2. The van der Waals surface area contributed by atoms with E-state index in [9.17, 15) is 4.79 Å². The minimum Gasteiger partial charge on any atom is -0.400 e. The number of amides is 1. The first-order valence-corrected chi connectivity index (χ1v) is 25.6. The molecule has 0 saturated carbocycles. The van der Waals surface area contributed by atoms with Gasteiger partial charge in [-0.05, 0) is 119 Å². The molecule has 0 saturated heterocycles. The summed E-state index contributed by atoms with van der Waals surface area (Å²) in [7, 11) is 4.38. The van der Waals surface area contributed by atoms with E-state index in [4.69, 9.17) is 57.2 Å². The quantitative estimate of drug-likeness (QED) is 0.148. The maximum atomic E-state index is 9.43. The van der Waals surface area contributed by atoms with Crippen molar-refractivity contribution in [2.24, 2.45) is 0 Å². The van der Waals surface area contributed by atoms with Gasteiger partial charge in [-0.3, -0.25) is 34.7 Å². The molecule has 0 unspecified atom stereocenters. The van der Waals surface area contributed by atoms with Crippen molar-refractivity contribution in [1.29, 1.82) is 42.1 Å². The Balaban J connectivity index is 0.000000245. The second kappa shape index (κ2) is 37.2. The van der Waals surface area contributed by atoms with E-state index in [1.165, 1.54) is 53.4 Å². The van der Waals surface area contributed by atoms with Gasteiger partial charge < -0.3 is 10.0 Å². The van der Waals surface area contributed by atoms with Crippen molar-refractivity contribution in [1.82, 2.24) is 44.8 Å². The number of hydrogen-bond acceptors (Lipinski definition) is 18. The van der Waals surface area contributed by atoms with Gasteiger partial charge in [0, 0.05) is 108 Å². The van der Waals surface area contributed by atoms with Gasteiger partial charge in [-0.2, -0.15) is 42.1 Å². The van der Waals surface area contributed by atoms with Crippen LogP contribution in [0.1, 0.15) is 0 Å². The molecule has 0 aliphatic rings. The van der Waals surface area contributed by atoms with Gasteiger partial charge in [-0.15, -0.1) is 0 Å². The molecule has 20 heteroatoms. The number of aliphatic hydroxyl groups excluding tert-OH is 1. The third-order valence-electron chi connectivity index (χ3n) is 11.4. The number of pyridine rings is 8. The van der Waals surface area contributed by atoms with Crippen LogP contribution in [0.15, 0.2) is 219 Å². The normalized spacial score (nSPS) is 9.00. The minimum absolute atomic E-state index is 0. The van der Waals surface area contributed by atoms with Crippen LogP contribution in [-0.2, 0) is 21.6 Å². The number of aromatic nitrogens is 8. The summed E-state index contributed by atoms with van der Waals surface area (Å²) in [5.41, 5.74) is 11.0. The van der Waals surface area contributed by atoms with Gasteiger partial charge in [0.1, 0.15) is 70.8 Å². The van der Waals surface area contributed by atoms with Gasteiger partial charge in [0.2, 0.25) is 6.41 Å². The van der Waals surface area contributed by atoms with Crippen LogP contribution in [0.3, 0.4) is 0 Å². The molecule has 1 amide bonds. The number of aliphatic hydroxyl groups is 1. The molecule has 19 nitrogen and oxygen atoms in total. The SMILES string of the molecule is CN(C)C=O.CO.N#CC(C#N)=c1ccc(=C(C#N)C#N)cc1.N#CC(C#N)=c1ccc(=C(C#N)C#N)cc1.[Co].c1ccc(-c2cc(-c3ccncc3)cc(-c3ccccn3)n2)nc1.c1ccc(-c2cc(-c3ccncc3)cc(-c3ccccn3)n2)nc1. The third-order valence-corrected chi connectivity index (χ3v) is 11.4. The first kappa shape index (κ1) is 67.5. The van der Waals surface area contributed by atoms with E-state index in [0.717, 1.165) is 81.3 Å². The molecule has 10 aromatic rings. The van der Waals surface area contributed by atoms with Crippen molar-refractivity contribution in [2.45, 2.75) is 0 Å². The molecule has 425 valence electrons. The van der Waals surface area contributed by atoms with E-state index in [0.29, 0.717) is 20.9 Å². The zero-order valence-corrected chi connectivity index (χ0v) is 48.2. The summed E-state index contributed by atoms with van der Waals surface area (Å²) < 4.78 is 0. The van der Waals surface area contributed by atoms with Gasteiger partial charge in [0.05, 0.1) is 45.6 Å². The molecule has 8 aromatic heterocycles. The minimum atomic E-state index is 0. The predicted octanol–water partition coefficient (Wildman–Crippen LogP) is 8.01. The van der Waals surface area contributed by atoms with Crippen molar-refractivity contribution in [3.05, 3.63) is 240 Å². The fourth-order valence-corrected chi connectivity index (χ4v) is 7.29. The molecule has 10 rings (SSSR count). The van der Waals surface area contributed by atoms with Gasteiger partial charge in [0.25, 0.3) is 0 Å². The number of benzene rings is 2. The van der Waals surface area contributed by atoms with Gasteiger partial charge in [-0.1, -0.05) is 72.8 Å². The van der Waals surface area contributed by atoms with E-state index in [-0.39, 0.29) is 39.1 Å². The summed E-state index contributed by atoms with van der Waals surface area (Å²) in [5.74, 6) is 0. The molecule has 88 heavy (non-hydrogen) atoms. The molecule has 2 aromatic carbocycles. The van der Waals surface area contributed by atoms with Gasteiger partial charge >= 0.3 is 0 Å². The summed E-state index contributed by atoms with van der Waals surface area (Å²) in [4.78, 5) is 46.3. The average molecular weight is 1190 g/mol. The Morgan fingerprint density at radius 1 is 0.341 bits per heavy atom. The van der Waals surface area contributed by atoms with Crippen LogP contribution in [0.5, 0.6) is 0 Å². The van der Waals surface area contributed by atoms with Crippen LogP contribution >= 0.6 is 0 Å². The number of hydrogen-bond donors (Lipinski definition) is 1. The van der Waals surface area contributed by atoms with Crippen molar-refractivity contribution < 1.29 is 26.7 Å². The molecule has 0 aliphatic heterocycles. The first-order valence-electron chi connectivity index (χ1n) is 25.6. The van der Waals surface area contributed by atoms with Crippen LogP contribution < -0.4 is 20.9 Å². The predicted molar refractivity (Wildman–Crippen MR) is 326 cm³/mol. The Bertz CT molecular complexity index is 3760. The number of carbonyl (C=O) groups excluding carboxylic acids is 1. The van der Waals surface area contributed by atoms with Gasteiger partial charge in [-0.25, -0.2) is 9.97 Å². The largest absolute Gasteiger partial charge is 0.400 e. The van der Waals surface area contributed by atoms with Crippen molar-refractivity contribution >= 4 is 28.7 Å². The van der Waals surface area contributed by atoms with E-state index in [1.807, 2.05) is 121 Å². The van der Waals surface area contributed by atoms with Crippen LogP contribution in [-0.4, -0.2) is 77.5 Å². The summed E-state index contributed by atoms with van der Waals surface area (Å²) >= 11 is 0. The van der Waals surface area contributed by atoms with Crippen LogP contribution in [0, 0.1) is 90.6 Å². The van der Waals surface area contributed by atoms with Crippen molar-refractivity contribution in [3.8, 4) is 116 Å². The molecule has 8 heterocycles. The van der Waals surface area contributed by atoms with Crippen molar-refractivity contribution in [3.63, 3.8) is 0 Å². The van der Waals surface area contributed by atoms with E-state index < -0.39 is 0 Å². The number of carbonyl (C=O) groups is 1. The third kappa shape index (κ3) is 20.1. The van der Waals surface area contributed by atoms with E-state index >= 15 is 0 Å². The van der Waals surface area contributed by atoms with Crippen LogP contribution in [0.2, 0.25) is 0 Å². The maximum Gasteiger partial charge on any atom is 0.209 e. The molecule has 0 bridgehead atoms. The standard InChI is InChI=1S/2C20H14N4.2C12H4N4.C3H7NO.CH4O.Co/c2*1-3-9-22-17(5-1)19-13-16(15-7-11-21-12-8-15)14-20(24-19)18-6-2-4-10-23-18;2*13-5-11(6-14)9-1-2-10(4-3-9)12(7-15)8-16;1-4(2)3-5;1-2;/h2*1-14H;2*1-4H;3H,1-2H3;2H,1H3;. The Kier molecular flexibility index (Phi) is 28.5. The van der Waals surface area contributed by atoms with E-state index in [1.54, 1.807) is 112 Å². The average Bonchev–Trinajstić information content (AvgIpc) is 2.26. The Hall–Kier alpha value is -13.0. The molecule has 0 atom stereocenters. The molecule has 0 fully saturated rings. The van der Waals surface area contributed by atoms with Crippen LogP contribution in [0.4, 0.5) is 0 Å². The fourth-order valence-electron chi connectivity index (χ4n) is 7.29. The molecule has 1 N–H and O–H groups in total. The number of rotatable bonds is 7. The summed E-state index contributed by atoms with van der Waals surface area (Å²) in [6.45, 7) is 0. The fraction of sp³-hybridized carbons (Fsp3) is 0.0441. The molecular formula is C68H47CoN17O2. The topological polar surface area (TPSA) is 334 Å². The molecular weight excluding hydrogens is 1150 g/mol. The van der Waals surface area contributed by atoms with E-state index in [2.05, 4.69) is 29.9 Å². The smallest absolute Gasteiger partial charge is 0.209 e. The Labute approximate surface area is 517 Å². The number of nitrogens with zero attached hydrogens (tertiary/aromatic N) is 17. The molecule has 0 spiro atoms. The monoisotopic (exact) mass is 1190 g/mol. The molecule has 0 aliphatic carbocycles. The first-order chi connectivity index (χ1) is 42.6. The zero-order chi connectivity index (χ0) is 62.6. The number of nitriles is 8. The second-order valence-corrected chi connectivity index (χ2v) is 17.2.